The summed E-state index contributed by atoms with van der Waals surface area (Å²) in [4.78, 5) is 29.0. The first-order chi connectivity index (χ1) is 11.1. The van der Waals surface area contributed by atoms with E-state index in [1.807, 2.05) is 41.0 Å². The smallest absolute Gasteiger partial charge is 0.253 e. The molecule has 1 fully saturated rings. The van der Waals surface area contributed by atoms with Crippen LogP contribution in [0.5, 0.6) is 0 Å². The van der Waals surface area contributed by atoms with Crippen molar-refractivity contribution in [2.75, 3.05) is 26.2 Å². The van der Waals surface area contributed by atoms with Crippen molar-refractivity contribution >= 4 is 11.8 Å². The first kappa shape index (κ1) is 17.5. The molecule has 0 bridgehead atoms. The zero-order valence-corrected chi connectivity index (χ0v) is 14.5. The number of nitrogens with zero attached hydrogens (tertiary/aromatic N) is 2. The second-order valence-electron chi connectivity index (χ2n) is 6.35. The summed E-state index contributed by atoms with van der Waals surface area (Å²) in [5, 5.41) is 0. The van der Waals surface area contributed by atoms with Gasteiger partial charge in [0.15, 0.2) is 0 Å². The number of carbonyl (C=O) groups excluding carboxylic acids is 2. The molecule has 0 aliphatic carbocycles. The van der Waals surface area contributed by atoms with E-state index in [1.54, 1.807) is 0 Å². The molecule has 126 valence electrons. The van der Waals surface area contributed by atoms with Crippen molar-refractivity contribution < 1.29 is 9.59 Å². The Labute approximate surface area is 139 Å². The standard InChI is InChI=1S/C19H28N2O2/c1-4-16(5-2)18(22)20-10-7-11-21(13-12-20)19(23)17-9-6-8-15(3)14-17/h6,8-9,14,16H,4-5,7,10-13H2,1-3H3. The summed E-state index contributed by atoms with van der Waals surface area (Å²) < 4.78 is 0. The Kier molecular flexibility index (Phi) is 6.20. The van der Waals surface area contributed by atoms with Crippen molar-refractivity contribution in [2.45, 2.75) is 40.0 Å². The minimum atomic E-state index is 0.0746. The lowest BCUT2D eigenvalue weighted by Crippen LogP contribution is -2.39. The number of hydrogen-bond acceptors (Lipinski definition) is 2. The van der Waals surface area contributed by atoms with Gasteiger partial charge in [-0.05, 0) is 38.3 Å². The molecule has 1 heterocycles. The van der Waals surface area contributed by atoms with Gasteiger partial charge in [-0.3, -0.25) is 9.59 Å². The van der Waals surface area contributed by atoms with Crippen LogP contribution in [-0.4, -0.2) is 47.8 Å². The summed E-state index contributed by atoms with van der Waals surface area (Å²) >= 11 is 0. The van der Waals surface area contributed by atoms with Crippen LogP contribution in [0.4, 0.5) is 0 Å². The molecule has 0 atom stereocenters. The van der Waals surface area contributed by atoms with Gasteiger partial charge in [-0.25, -0.2) is 0 Å². The maximum atomic E-state index is 12.6. The zero-order chi connectivity index (χ0) is 16.8. The van der Waals surface area contributed by atoms with E-state index in [0.717, 1.165) is 43.5 Å². The molecule has 0 N–H and O–H groups in total. The van der Waals surface area contributed by atoms with E-state index in [1.165, 1.54) is 0 Å². The Morgan fingerprint density at radius 1 is 1.04 bits per heavy atom. The normalized spacial score (nSPS) is 15.7. The Morgan fingerprint density at radius 3 is 2.35 bits per heavy atom. The predicted molar refractivity (Wildman–Crippen MR) is 92.4 cm³/mol. The van der Waals surface area contributed by atoms with Crippen LogP contribution in [0.15, 0.2) is 24.3 Å². The molecule has 2 rings (SSSR count). The van der Waals surface area contributed by atoms with Crippen LogP contribution in [0.1, 0.15) is 49.0 Å². The lowest BCUT2D eigenvalue weighted by Gasteiger charge is -2.25. The lowest BCUT2D eigenvalue weighted by atomic mass is 10.0. The van der Waals surface area contributed by atoms with Gasteiger partial charge in [0.2, 0.25) is 5.91 Å². The highest BCUT2D eigenvalue weighted by atomic mass is 16.2. The van der Waals surface area contributed by atoms with Gasteiger partial charge < -0.3 is 9.80 Å². The minimum Gasteiger partial charge on any atom is -0.341 e. The van der Waals surface area contributed by atoms with Crippen molar-refractivity contribution in [3.05, 3.63) is 35.4 Å². The number of amides is 2. The molecule has 1 aliphatic heterocycles. The molecule has 0 unspecified atom stereocenters. The maximum Gasteiger partial charge on any atom is 0.253 e. The summed E-state index contributed by atoms with van der Waals surface area (Å²) in [5.74, 6) is 0.444. The number of hydrogen-bond donors (Lipinski definition) is 0. The SMILES string of the molecule is CCC(CC)C(=O)N1CCCN(C(=O)c2cccc(C)c2)CC1. The molecule has 4 heteroatoms. The van der Waals surface area contributed by atoms with Gasteiger partial charge >= 0.3 is 0 Å². The van der Waals surface area contributed by atoms with Crippen molar-refractivity contribution in [3.8, 4) is 0 Å². The average molecular weight is 316 g/mol. The first-order valence-electron chi connectivity index (χ1n) is 8.71. The third kappa shape index (κ3) is 4.34. The third-order valence-corrected chi connectivity index (χ3v) is 4.69. The molecule has 23 heavy (non-hydrogen) atoms. The molecular weight excluding hydrogens is 288 g/mol. The number of benzene rings is 1. The molecule has 0 radical (unpaired) electrons. The highest BCUT2D eigenvalue weighted by molar-refractivity contribution is 5.94. The number of rotatable bonds is 4. The Balaban J connectivity index is 2.01. The molecule has 0 saturated carbocycles. The van der Waals surface area contributed by atoms with E-state index >= 15 is 0 Å². The summed E-state index contributed by atoms with van der Waals surface area (Å²) in [7, 11) is 0. The number of aryl methyl sites for hydroxylation is 1. The van der Waals surface area contributed by atoms with Crippen LogP contribution < -0.4 is 0 Å². The molecule has 1 aromatic rings. The van der Waals surface area contributed by atoms with Crippen LogP contribution in [0.25, 0.3) is 0 Å². The Hall–Kier alpha value is -1.84. The van der Waals surface area contributed by atoms with E-state index in [0.29, 0.717) is 13.1 Å². The monoisotopic (exact) mass is 316 g/mol. The zero-order valence-electron chi connectivity index (χ0n) is 14.5. The summed E-state index contributed by atoms with van der Waals surface area (Å²) in [6, 6.07) is 7.71. The third-order valence-electron chi connectivity index (χ3n) is 4.69. The lowest BCUT2D eigenvalue weighted by molar-refractivity contribution is -0.135. The van der Waals surface area contributed by atoms with E-state index in [9.17, 15) is 9.59 Å². The van der Waals surface area contributed by atoms with Gasteiger partial charge in [0.25, 0.3) is 5.91 Å². The molecule has 0 spiro atoms. The molecule has 1 saturated heterocycles. The van der Waals surface area contributed by atoms with Crippen molar-refractivity contribution in [2.24, 2.45) is 5.92 Å². The second kappa shape index (κ2) is 8.14. The van der Waals surface area contributed by atoms with Crippen LogP contribution in [0, 0.1) is 12.8 Å². The van der Waals surface area contributed by atoms with Crippen molar-refractivity contribution in [1.82, 2.24) is 9.80 Å². The molecule has 1 aliphatic rings. The van der Waals surface area contributed by atoms with Gasteiger partial charge in [0, 0.05) is 37.7 Å². The fourth-order valence-corrected chi connectivity index (χ4v) is 3.20. The molecule has 4 nitrogen and oxygen atoms in total. The van der Waals surface area contributed by atoms with Crippen LogP contribution >= 0.6 is 0 Å². The van der Waals surface area contributed by atoms with Crippen LogP contribution in [0.3, 0.4) is 0 Å². The fraction of sp³-hybridized carbons (Fsp3) is 0.579. The van der Waals surface area contributed by atoms with Gasteiger partial charge in [-0.2, -0.15) is 0 Å². The Morgan fingerprint density at radius 2 is 1.70 bits per heavy atom. The Bertz CT molecular complexity index is 552. The topological polar surface area (TPSA) is 40.6 Å². The average Bonchev–Trinajstić information content (AvgIpc) is 2.81. The van der Waals surface area contributed by atoms with E-state index in [-0.39, 0.29) is 17.7 Å². The van der Waals surface area contributed by atoms with Gasteiger partial charge in [-0.15, -0.1) is 0 Å². The summed E-state index contributed by atoms with van der Waals surface area (Å²) in [5.41, 5.74) is 1.83. The van der Waals surface area contributed by atoms with E-state index in [4.69, 9.17) is 0 Å². The molecule has 1 aromatic carbocycles. The summed E-state index contributed by atoms with van der Waals surface area (Å²) in [6.07, 6.45) is 2.62. The number of carbonyl (C=O) groups is 2. The van der Waals surface area contributed by atoms with E-state index < -0.39 is 0 Å². The summed E-state index contributed by atoms with van der Waals surface area (Å²) in [6.45, 7) is 8.88. The van der Waals surface area contributed by atoms with Crippen LogP contribution in [-0.2, 0) is 4.79 Å². The highest BCUT2D eigenvalue weighted by Crippen LogP contribution is 2.15. The fourth-order valence-electron chi connectivity index (χ4n) is 3.20. The van der Waals surface area contributed by atoms with Gasteiger partial charge in [0.05, 0.1) is 0 Å². The van der Waals surface area contributed by atoms with Crippen molar-refractivity contribution in [3.63, 3.8) is 0 Å². The van der Waals surface area contributed by atoms with E-state index in [2.05, 4.69) is 13.8 Å². The van der Waals surface area contributed by atoms with Gasteiger partial charge in [-0.1, -0.05) is 31.5 Å². The quantitative estimate of drug-likeness (QED) is 0.856. The molecule has 2 amide bonds. The highest BCUT2D eigenvalue weighted by Gasteiger charge is 2.25. The maximum absolute atomic E-state index is 12.6. The van der Waals surface area contributed by atoms with Crippen LogP contribution in [0.2, 0.25) is 0 Å². The molecular formula is C19H28N2O2. The predicted octanol–water partition coefficient (Wildman–Crippen LogP) is 3.11. The van der Waals surface area contributed by atoms with Crippen molar-refractivity contribution in [1.29, 1.82) is 0 Å². The van der Waals surface area contributed by atoms with Gasteiger partial charge in [0.1, 0.15) is 0 Å². The minimum absolute atomic E-state index is 0.0746. The largest absolute Gasteiger partial charge is 0.341 e. The molecule has 0 aromatic heterocycles. The second-order valence-corrected chi connectivity index (χ2v) is 6.35. The first-order valence-corrected chi connectivity index (χ1v) is 8.71.